The quantitative estimate of drug-likeness (QED) is 0.706. The molecule has 2 atom stereocenters. The fraction of sp³-hybridized carbons (Fsp3) is 1.00. The van der Waals surface area contributed by atoms with E-state index >= 15 is 0 Å². The normalized spacial score (nSPS) is 26.8. The molecule has 1 aliphatic heterocycles. The molecule has 0 saturated carbocycles. The van der Waals surface area contributed by atoms with Crippen LogP contribution < -0.4 is 0 Å². The van der Waals surface area contributed by atoms with Gasteiger partial charge in [0, 0.05) is 13.1 Å². The van der Waals surface area contributed by atoms with Gasteiger partial charge in [-0.1, -0.05) is 20.8 Å². The van der Waals surface area contributed by atoms with Gasteiger partial charge in [0.25, 0.3) is 0 Å². The molecular formula is C12H25NS. The molecule has 84 valence electrons. The minimum atomic E-state index is 0.767. The van der Waals surface area contributed by atoms with Crippen LogP contribution in [-0.2, 0) is 0 Å². The van der Waals surface area contributed by atoms with Crippen LogP contribution in [0, 0.1) is 17.8 Å². The molecular weight excluding hydrogens is 190 g/mol. The van der Waals surface area contributed by atoms with Gasteiger partial charge in [-0.25, -0.2) is 0 Å². The molecule has 0 aromatic carbocycles. The summed E-state index contributed by atoms with van der Waals surface area (Å²) in [4.78, 5) is 2.63. The van der Waals surface area contributed by atoms with E-state index in [9.17, 15) is 0 Å². The van der Waals surface area contributed by atoms with Crippen molar-refractivity contribution in [2.45, 2.75) is 33.6 Å². The summed E-state index contributed by atoms with van der Waals surface area (Å²) in [5.74, 6) is 3.47. The summed E-state index contributed by atoms with van der Waals surface area (Å²) in [5, 5.41) is 0. The number of piperidine rings is 1. The maximum Gasteiger partial charge on any atom is 0.00200 e. The first-order valence-electron chi connectivity index (χ1n) is 5.96. The maximum absolute atomic E-state index is 4.45. The highest BCUT2D eigenvalue weighted by atomic mass is 32.1. The van der Waals surface area contributed by atoms with Gasteiger partial charge in [-0.3, -0.25) is 0 Å². The van der Waals surface area contributed by atoms with Crippen LogP contribution in [0.2, 0.25) is 0 Å². The summed E-state index contributed by atoms with van der Waals surface area (Å²) in [6, 6.07) is 0. The van der Waals surface area contributed by atoms with Crippen molar-refractivity contribution >= 4 is 12.6 Å². The number of nitrogens with zero attached hydrogens (tertiary/aromatic N) is 1. The maximum atomic E-state index is 4.45. The first-order valence-corrected chi connectivity index (χ1v) is 6.60. The predicted molar refractivity (Wildman–Crippen MR) is 67.0 cm³/mol. The lowest BCUT2D eigenvalue weighted by Gasteiger charge is -2.34. The van der Waals surface area contributed by atoms with Crippen LogP contribution in [0.5, 0.6) is 0 Å². The van der Waals surface area contributed by atoms with Crippen molar-refractivity contribution in [2.24, 2.45) is 17.8 Å². The topological polar surface area (TPSA) is 3.24 Å². The summed E-state index contributed by atoms with van der Waals surface area (Å²) in [5.41, 5.74) is 0. The Morgan fingerprint density at radius 3 is 2.64 bits per heavy atom. The van der Waals surface area contributed by atoms with E-state index < -0.39 is 0 Å². The van der Waals surface area contributed by atoms with E-state index in [1.165, 1.54) is 32.5 Å². The molecule has 0 aromatic rings. The third-order valence-corrected chi connectivity index (χ3v) is 3.88. The number of thiol groups is 1. The Bertz CT molecular complexity index is 158. The van der Waals surface area contributed by atoms with Crippen LogP contribution in [0.1, 0.15) is 33.6 Å². The first-order chi connectivity index (χ1) is 6.63. The molecule has 1 nitrogen and oxygen atoms in total. The molecule has 1 heterocycles. The van der Waals surface area contributed by atoms with Crippen molar-refractivity contribution in [3.63, 3.8) is 0 Å². The minimum absolute atomic E-state index is 0.767. The Morgan fingerprint density at radius 2 is 2.14 bits per heavy atom. The first kappa shape index (κ1) is 12.4. The summed E-state index contributed by atoms with van der Waals surface area (Å²) >= 11 is 4.45. The average molecular weight is 215 g/mol. The van der Waals surface area contributed by atoms with Gasteiger partial charge >= 0.3 is 0 Å². The molecule has 1 saturated heterocycles. The lowest BCUT2D eigenvalue weighted by molar-refractivity contribution is 0.151. The van der Waals surface area contributed by atoms with Gasteiger partial charge in [-0.2, -0.15) is 12.6 Å². The van der Waals surface area contributed by atoms with Crippen molar-refractivity contribution in [1.82, 2.24) is 4.90 Å². The molecule has 0 spiro atoms. The molecule has 0 N–H and O–H groups in total. The van der Waals surface area contributed by atoms with Crippen LogP contribution in [0.4, 0.5) is 0 Å². The lowest BCUT2D eigenvalue weighted by atomic mass is 9.94. The van der Waals surface area contributed by atoms with E-state index in [2.05, 4.69) is 38.3 Å². The number of hydrogen-bond donors (Lipinski definition) is 1. The number of hydrogen-bond acceptors (Lipinski definition) is 2. The van der Waals surface area contributed by atoms with E-state index in [-0.39, 0.29) is 0 Å². The Labute approximate surface area is 94.7 Å². The Hall–Kier alpha value is 0.310. The van der Waals surface area contributed by atoms with Crippen molar-refractivity contribution in [3.05, 3.63) is 0 Å². The van der Waals surface area contributed by atoms with E-state index in [1.807, 2.05) is 0 Å². The zero-order chi connectivity index (χ0) is 10.6. The second-order valence-electron chi connectivity index (χ2n) is 5.19. The van der Waals surface area contributed by atoms with Crippen LogP contribution in [-0.4, -0.2) is 30.3 Å². The molecule has 14 heavy (non-hydrogen) atoms. The van der Waals surface area contributed by atoms with Crippen LogP contribution in [0.15, 0.2) is 0 Å². The van der Waals surface area contributed by atoms with Crippen molar-refractivity contribution in [2.75, 3.05) is 25.4 Å². The third kappa shape index (κ3) is 3.82. The van der Waals surface area contributed by atoms with Gasteiger partial charge in [0.1, 0.15) is 0 Å². The summed E-state index contributed by atoms with van der Waals surface area (Å²) in [6.45, 7) is 10.9. The molecule has 0 bridgehead atoms. The highest BCUT2D eigenvalue weighted by Crippen LogP contribution is 2.20. The van der Waals surface area contributed by atoms with Crippen LogP contribution >= 0.6 is 12.6 Å². The van der Waals surface area contributed by atoms with E-state index in [1.54, 1.807) is 0 Å². The molecule has 0 aromatic heterocycles. The van der Waals surface area contributed by atoms with Crippen molar-refractivity contribution < 1.29 is 0 Å². The van der Waals surface area contributed by atoms with Gasteiger partial charge in [0.05, 0.1) is 0 Å². The molecule has 1 rings (SSSR count). The smallest absolute Gasteiger partial charge is 0.00200 e. The summed E-state index contributed by atoms with van der Waals surface area (Å²) < 4.78 is 0. The summed E-state index contributed by atoms with van der Waals surface area (Å²) in [6.07, 6.45) is 2.81. The van der Waals surface area contributed by atoms with Crippen LogP contribution in [0.3, 0.4) is 0 Å². The molecule has 0 amide bonds. The monoisotopic (exact) mass is 215 g/mol. The van der Waals surface area contributed by atoms with E-state index in [0.717, 1.165) is 23.5 Å². The fourth-order valence-electron chi connectivity index (χ4n) is 2.26. The Morgan fingerprint density at radius 1 is 1.43 bits per heavy atom. The van der Waals surface area contributed by atoms with Crippen molar-refractivity contribution in [3.8, 4) is 0 Å². The highest BCUT2D eigenvalue weighted by molar-refractivity contribution is 7.80. The molecule has 2 heteroatoms. The van der Waals surface area contributed by atoms with Gasteiger partial charge < -0.3 is 4.90 Å². The Balaban J connectivity index is 2.33. The highest BCUT2D eigenvalue weighted by Gasteiger charge is 2.20. The Kier molecular flexibility index (Phi) is 5.32. The SMILES string of the molecule is CC1CCCN(CC(CS)C(C)C)C1. The van der Waals surface area contributed by atoms with E-state index in [4.69, 9.17) is 0 Å². The lowest BCUT2D eigenvalue weighted by Crippen LogP contribution is -2.39. The van der Waals surface area contributed by atoms with Gasteiger partial charge in [0.2, 0.25) is 0 Å². The minimum Gasteiger partial charge on any atom is -0.303 e. The van der Waals surface area contributed by atoms with Crippen LogP contribution in [0.25, 0.3) is 0 Å². The molecule has 1 aliphatic rings. The molecule has 2 unspecified atom stereocenters. The number of likely N-dealkylation sites (tertiary alicyclic amines) is 1. The van der Waals surface area contributed by atoms with Crippen molar-refractivity contribution in [1.29, 1.82) is 0 Å². The summed E-state index contributed by atoms with van der Waals surface area (Å²) in [7, 11) is 0. The number of rotatable bonds is 4. The zero-order valence-electron chi connectivity index (χ0n) is 9.87. The average Bonchev–Trinajstić information content (AvgIpc) is 2.14. The molecule has 1 fully saturated rings. The fourth-order valence-corrected chi connectivity index (χ4v) is 2.80. The van der Waals surface area contributed by atoms with E-state index in [0.29, 0.717) is 0 Å². The molecule has 0 radical (unpaired) electrons. The largest absolute Gasteiger partial charge is 0.303 e. The van der Waals surface area contributed by atoms with Gasteiger partial charge in [-0.15, -0.1) is 0 Å². The zero-order valence-corrected chi connectivity index (χ0v) is 10.8. The second kappa shape index (κ2) is 6.02. The van der Waals surface area contributed by atoms with Gasteiger partial charge in [0.15, 0.2) is 0 Å². The predicted octanol–water partition coefficient (Wildman–Crippen LogP) is 2.92. The standard InChI is InChI=1S/C12H25NS/c1-10(2)12(9-14)8-13-6-4-5-11(3)7-13/h10-12,14H,4-9H2,1-3H3. The van der Waals surface area contributed by atoms with Gasteiger partial charge in [-0.05, 0) is 42.9 Å². The third-order valence-electron chi connectivity index (χ3n) is 3.41. The second-order valence-corrected chi connectivity index (χ2v) is 5.56. The molecule has 0 aliphatic carbocycles.